The number of fused-ring (bicyclic) bond motifs is 1. The fourth-order valence-electron chi connectivity index (χ4n) is 2.92. The molecule has 0 amide bonds. The van der Waals surface area contributed by atoms with Gasteiger partial charge in [0, 0.05) is 11.1 Å². The molecule has 0 saturated heterocycles. The summed E-state index contributed by atoms with van der Waals surface area (Å²) in [6, 6.07) is 11.5. The van der Waals surface area contributed by atoms with Gasteiger partial charge in [-0.2, -0.15) is 0 Å². The number of hydrogen-bond donors (Lipinski definition) is 5. The van der Waals surface area contributed by atoms with Crippen molar-refractivity contribution < 1.29 is 37.8 Å². The predicted octanol–water partition coefficient (Wildman–Crippen LogP) is 2.28. The smallest absolute Gasteiger partial charge is 0.404 e. The van der Waals surface area contributed by atoms with Gasteiger partial charge in [0.05, 0.1) is 11.4 Å². The van der Waals surface area contributed by atoms with Crippen molar-refractivity contribution in [1.29, 1.82) is 0 Å². The molecular weight excluding hydrogens is 476 g/mol. The van der Waals surface area contributed by atoms with Gasteiger partial charge in [0.2, 0.25) is 0 Å². The van der Waals surface area contributed by atoms with E-state index < -0.39 is 15.6 Å². The highest BCUT2D eigenvalue weighted by Gasteiger charge is 2.19. The van der Waals surface area contributed by atoms with Crippen LogP contribution in [0.4, 0.5) is 5.82 Å². The second-order valence-electron chi connectivity index (χ2n) is 6.56. The van der Waals surface area contributed by atoms with E-state index in [1.807, 2.05) is 0 Å². The molecule has 0 unspecified atom stereocenters. The summed E-state index contributed by atoms with van der Waals surface area (Å²) in [5.74, 6) is 0.00389. The molecule has 0 aliphatic heterocycles. The van der Waals surface area contributed by atoms with Crippen LogP contribution in [-0.4, -0.2) is 39.5 Å². The van der Waals surface area contributed by atoms with Crippen molar-refractivity contribution in [1.82, 2.24) is 19.9 Å². The molecule has 15 heteroatoms. The second kappa shape index (κ2) is 8.49. The number of hydrogen-bond acceptors (Lipinski definition) is 9. The number of anilines is 1. The van der Waals surface area contributed by atoms with Crippen LogP contribution in [0.15, 0.2) is 54.9 Å². The lowest BCUT2D eigenvalue weighted by Crippen LogP contribution is -2.01. The number of benzene rings is 2. The van der Waals surface area contributed by atoms with E-state index >= 15 is 0 Å². The van der Waals surface area contributed by atoms with Gasteiger partial charge in [-0.15, -0.1) is 0 Å². The van der Waals surface area contributed by atoms with Crippen molar-refractivity contribution in [3.63, 3.8) is 0 Å². The topological polar surface area (TPSA) is 211 Å². The Morgan fingerprint density at radius 2 is 1.15 bits per heavy atom. The van der Waals surface area contributed by atoms with Crippen LogP contribution in [0.25, 0.3) is 33.7 Å². The first-order valence-electron chi connectivity index (χ1n) is 8.98. The average molecular weight is 491 g/mol. The minimum Gasteiger partial charge on any atom is -0.404 e. The molecule has 2 heterocycles. The summed E-state index contributed by atoms with van der Waals surface area (Å²) in [5, 5.41) is 0. The summed E-state index contributed by atoms with van der Waals surface area (Å²) in [4.78, 5) is 52.9. The normalized spacial score (nSPS) is 12.0. The summed E-state index contributed by atoms with van der Waals surface area (Å²) < 4.78 is 31.2. The van der Waals surface area contributed by atoms with Crippen LogP contribution < -0.4 is 14.8 Å². The number of rotatable bonds is 6. The van der Waals surface area contributed by atoms with E-state index in [1.165, 1.54) is 54.9 Å². The zero-order chi connectivity index (χ0) is 23.8. The Balaban J connectivity index is 1.83. The third-order valence-corrected chi connectivity index (χ3v) is 5.10. The summed E-state index contributed by atoms with van der Waals surface area (Å²) in [6.45, 7) is 0. The number of nitrogens with zero attached hydrogens (tertiary/aromatic N) is 4. The number of phosphoric ester groups is 2. The standard InChI is InChI=1S/C18H15N5O8P2/c19-17-16-18(21-9-20-17)23-15(11-3-7-13(8-4-11)31-33(27,28)29)14(22-16)10-1-5-12(6-2-10)30-32(24,25)26/h1-9H,(H2,24,25,26)(H2,27,28,29)(H2,19,20,21,23). The SMILES string of the molecule is Nc1ncnc2nc(-c3ccc(OP(=O)(O)O)cc3)c(-c3ccc(OP(=O)(O)O)cc3)nc12. The Morgan fingerprint density at radius 1 is 0.697 bits per heavy atom. The molecule has 13 nitrogen and oxygen atoms in total. The van der Waals surface area contributed by atoms with Gasteiger partial charge in [-0.1, -0.05) is 0 Å². The highest BCUT2D eigenvalue weighted by atomic mass is 31.2. The molecule has 0 spiro atoms. The molecule has 6 N–H and O–H groups in total. The Bertz CT molecular complexity index is 1420. The van der Waals surface area contributed by atoms with E-state index in [-0.39, 0.29) is 28.5 Å². The summed E-state index contributed by atoms with van der Waals surface area (Å²) in [7, 11) is -9.44. The summed E-state index contributed by atoms with van der Waals surface area (Å²) >= 11 is 0. The molecular formula is C18H15N5O8P2. The van der Waals surface area contributed by atoms with E-state index in [1.54, 1.807) is 0 Å². The maximum absolute atomic E-state index is 11.1. The van der Waals surface area contributed by atoms with Crippen molar-refractivity contribution >= 4 is 32.6 Å². The number of aromatic nitrogens is 4. The highest BCUT2D eigenvalue weighted by molar-refractivity contribution is 7.47. The Labute approximate surface area is 185 Å². The van der Waals surface area contributed by atoms with Gasteiger partial charge in [-0.25, -0.2) is 29.1 Å². The van der Waals surface area contributed by atoms with Crippen LogP contribution in [0.5, 0.6) is 11.5 Å². The van der Waals surface area contributed by atoms with E-state index in [2.05, 4.69) is 29.0 Å². The van der Waals surface area contributed by atoms with Crippen molar-refractivity contribution in [3.8, 4) is 34.0 Å². The lowest BCUT2D eigenvalue weighted by atomic mass is 10.0. The van der Waals surface area contributed by atoms with Crippen LogP contribution in [0, 0.1) is 0 Å². The fraction of sp³-hybridized carbons (Fsp3) is 0. The lowest BCUT2D eigenvalue weighted by Gasteiger charge is -2.12. The van der Waals surface area contributed by atoms with Crippen molar-refractivity contribution in [2.75, 3.05) is 5.73 Å². The molecule has 4 aromatic rings. The maximum atomic E-state index is 11.1. The van der Waals surface area contributed by atoms with Crippen molar-refractivity contribution in [2.24, 2.45) is 0 Å². The fourth-order valence-corrected chi connectivity index (χ4v) is 3.71. The van der Waals surface area contributed by atoms with E-state index in [0.717, 1.165) is 0 Å². The Hall–Kier alpha value is -3.44. The molecule has 0 aliphatic rings. The Kier molecular flexibility index (Phi) is 5.85. The van der Waals surface area contributed by atoms with Crippen LogP contribution >= 0.6 is 15.6 Å². The predicted molar refractivity (Wildman–Crippen MR) is 116 cm³/mol. The number of nitrogens with two attached hydrogens (primary N) is 1. The molecule has 4 rings (SSSR count). The van der Waals surface area contributed by atoms with E-state index in [0.29, 0.717) is 22.5 Å². The molecule has 33 heavy (non-hydrogen) atoms. The molecule has 0 bridgehead atoms. The first-order valence-corrected chi connectivity index (χ1v) is 12.0. The van der Waals surface area contributed by atoms with Gasteiger partial charge in [-0.3, -0.25) is 19.6 Å². The monoisotopic (exact) mass is 491 g/mol. The number of nitrogen functional groups attached to an aromatic ring is 1. The quantitative estimate of drug-likeness (QED) is 0.245. The molecule has 0 saturated carbocycles. The first kappa shape index (κ1) is 22.7. The van der Waals surface area contributed by atoms with Crippen LogP contribution in [0.3, 0.4) is 0 Å². The largest absolute Gasteiger partial charge is 0.524 e. The Morgan fingerprint density at radius 3 is 1.61 bits per heavy atom. The van der Waals surface area contributed by atoms with E-state index in [4.69, 9.17) is 25.3 Å². The van der Waals surface area contributed by atoms with Crippen LogP contribution in [0.1, 0.15) is 0 Å². The average Bonchev–Trinajstić information content (AvgIpc) is 2.72. The maximum Gasteiger partial charge on any atom is 0.524 e. The number of phosphoric acid groups is 2. The molecule has 0 aliphatic carbocycles. The van der Waals surface area contributed by atoms with Crippen molar-refractivity contribution in [3.05, 3.63) is 54.9 Å². The van der Waals surface area contributed by atoms with Crippen LogP contribution in [-0.2, 0) is 9.13 Å². The molecule has 2 aromatic carbocycles. The molecule has 170 valence electrons. The van der Waals surface area contributed by atoms with Gasteiger partial charge in [0.1, 0.15) is 17.8 Å². The van der Waals surface area contributed by atoms with Gasteiger partial charge in [0.15, 0.2) is 17.0 Å². The summed E-state index contributed by atoms with van der Waals surface area (Å²) in [5.41, 5.74) is 8.10. The molecule has 0 atom stereocenters. The molecule has 0 radical (unpaired) electrons. The van der Waals surface area contributed by atoms with E-state index in [9.17, 15) is 9.13 Å². The highest BCUT2D eigenvalue weighted by Crippen LogP contribution is 2.40. The first-order chi connectivity index (χ1) is 15.5. The zero-order valence-electron chi connectivity index (χ0n) is 16.4. The van der Waals surface area contributed by atoms with Gasteiger partial charge >= 0.3 is 15.6 Å². The lowest BCUT2D eigenvalue weighted by molar-refractivity contribution is 0.281. The minimum absolute atomic E-state index is 0.0483. The zero-order valence-corrected chi connectivity index (χ0v) is 18.2. The second-order valence-corrected chi connectivity index (χ2v) is 8.89. The third-order valence-electron chi connectivity index (χ3n) is 4.20. The van der Waals surface area contributed by atoms with Crippen LogP contribution in [0.2, 0.25) is 0 Å². The van der Waals surface area contributed by atoms with Crippen molar-refractivity contribution in [2.45, 2.75) is 0 Å². The third kappa shape index (κ3) is 5.49. The van der Waals surface area contributed by atoms with Gasteiger partial charge in [0.25, 0.3) is 0 Å². The molecule has 2 aromatic heterocycles. The van der Waals surface area contributed by atoms with Gasteiger partial charge < -0.3 is 14.8 Å². The van der Waals surface area contributed by atoms with Gasteiger partial charge in [-0.05, 0) is 48.5 Å². The minimum atomic E-state index is -4.72. The molecule has 0 fully saturated rings. The summed E-state index contributed by atoms with van der Waals surface area (Å²) in [6.07, 6.45) is 1.24.